The van der Waals surface area contributed by atoms with Gasteiger partial charge in [0.05, 0.1) is 35.1 Å². The van der Waals surface area contributed by atoms with Gasteiger partial charge in [-0.2, -0.15) is 4.31 Å². The molecule has 0 aliphatic carbocycles. The van der Waals surface area contributed by atoms with Gasteiger partial charge in [0, 0.05) is 13.1 Å². The number of hydrogen-bond acceptors (Lipinski definition) is 6. The Balaban J connectivity index is 2.15. The fourth-order valence-electron chi connectivity index (χ4n) is 2.91. The average molecular weight is 341 g/mol. The molecule has 2 rings (SSSR count). The second kappa shape index (κ2) is 5.77. The van der Waals surface area contributed by atoms with Crippen molar-refractivity contribution in [1.82, 2.24) is 4.31 Å². The fraction of sp³-hybridized carbons (Fsp3) is 1.00. The lowest BCUT2D eigenvalue weighted by Gasteiger charge is -2.42. The first-order chi connectivity index (χ1) is 9.56. The molecular formula is C12H23NO6S2. The molecule has 0 aromatic heterocycles. The van der Waals surface area contributed by atoms with E-state index in [1.165, 1.54) is 4.31 Å². The highest BCUT2D eigenvalue weighted by molar-refractivity contribution is 7.92. The van der Waals surface area contributed by atoms with Crippen molar-refractivity contribution in [2.75, 3.05) is 31.2 Å². The number of hydrogen-bond donors (Lipinski definition) is 1. The number of ether oxygens (including phenoxy) is 1. The molecule has 0 bridgehead atoms. The maximum absolute atomic E-state index is 12.7. The average Bonchev–Trinajstić information content (AvgIpc) is 2.36. The third-order valence-corrected chi connectivity index (χ3v) is 7.96. The molecule has 0 amide bonds. The molecule has 2 saturated heterocycles. The largest absolute Gasteiger partial charge is 0.394 e. The van der Waals surface area contributed by atoms with Gasteiger partial charge < -0.3 is 9.84 Å². The summed E-state index contributed by atoms with van der Waals surface area (Å²) >= 11 is 0. The summed E-state index contributed by atoms with van der Waals surface area (Å²) < 4.78 is 55.2. The second-order valence-corrected chi connectivity index (χ2v) is 10.9. The highest BCUT2D eigenvalue weighted by Gasteiger charge is 2.43. The fourth-order valence-corrected chi connectivity index (χ4v) is 6.82. The number of sulfone groups is 1. The van der Waals surface area contributed by atoms with E-state index in [-0.39, 0.29) is 44.0 Å². The SMILES string of the molecule is CC1(C)CN(S(=O)(=O)C2CCS(=O)(=O)CC2)CC(CO)O1. The van der Waals surface area contributed by atoms with E-state index in [1.807, 2.05) is 0 Å². The van der Waals surface area contributed by atoms with Crippen LogP contribution in [0.2, 0.25) is 0 Å². The summed E-state index contributed by atoms with van der Waals surface area (Å²) in [6.07, 6.45) is -0.255. The van der Waals surface area contributed by atoms with Crippen LogP contribution in [0.3, 0.4) is 0 Å². The highest BCUT2D eigenvalue weighted by atomic mass is 32.2. The van der Waals surface area contributed by atoms with Gasteiger partial charge in [-0.05, 0) is 26.7 Å². The lowest BCUT2D eigenvalue weighted by Crippen LogP contribution is -2.57. The van der Waals surface area contributed by atoms with E-state index in [2.05, 4.69) is 0 Å². The summed E-state index contributed by atoms with van der Waals surface area (Å²) in [6.45, 7) is 3.65. The molecule has 1 N–H and O–H groups in total. The Morgan fingerprint density at radius 3 is 2.38 bits per heavy atom. The summed E-state index contributed by atoms with van der Waals surface area (Å²) in [4.78, 5) is 0. The molecule has 124 valence electrons. The van der Waals surface area contributed by atoms with Crippen LogP contribution >= 0.6 is 0 Å². The van der Waals surface area contributed by atoms with E-state index in [0.717, 1.165) is 0 Å². The minimum atomic E-state index is -3.57. The maximum atomic E-state index is 12.7. The van der Waals surface area contributed by atoms with Gasteiger partial charge in [0.1, 0.15) is 9.84 Å². The Morgan fingerprint density at radius 2 is 1.86 bits per heavy atom. The van der Waals surface area contributed by atoms with Crippen molar-refractivity contribution in [1.29, 1.82) is 0 Å². The van der Waals surface area contributed by atoms with Gasteiger partial charge in [-0.15, -0.1) is 0 Å². The zero-order chi connectivity index (χ0) is 15.9. The molecule has 0 aromatic rings. The van der Waals surface area contributed by atoms with E-state index in [0.29, 0.717) is 0 Å². The molecule has 1 unspecified atom stereocenters. The van der Waals surface area contributed by atoms with Crippen molar-refractivity contribution >= 4 is 19.9 Å². The monoisotopic (exact) mass is 341 g/mol. The van der Waals surface area contributed by atoms with Crippen LogP contribution in [0.25, 0.3) is 0 Å². The van der Waals surface area contributed by atoms with E-state index in [1.54, 1.807) is 13.8 Å². The Bertz CT molecular complexity index is 569. The van der Waals surface area contributed by atoms with Crippen molar-refractivity contribution in [3.8, 4) is 0 Å². The third-order valence-electron chi connectivity index (χ3n) is 3.94. The molecule has 0 radical (unpaired) electrons. The Labute approximate surface area is 126 Å². The zero-order valence-corrected chi connectivity index (χ0v) is 14.0. The molecule has 2 fully saturated rings. The summed E-state index contributed by atoms with van der Waals surface area (Å²) in [7, 11) is -6.66. The molecule has 9 heteroatoms. The summed E-state index contributed by atoms with van der Waals surface area (Å²) in [6, 6.07) is 0. The predicted octanol–water partition coefficient (Wildman–Crippen LogP) is -0.635. The minimum Gasteiger partial charge on any atom is -0.394 e. The lowest BCUT2D eigenvalue weighted by atomic mass is 10.1. The van der Waals surface area contributed by atoms with Crippen LogP contribution in [0.4, 0.5) is 0 Å². The standard InChI is InChI=1S/C12H23NO6S2/c1-12(2)9-13(7-10(8-14)19-12)21(17,18)11-3-5-20(15,16)6-4-11/h10-11,14H,3-9H2,1-2H3. The van der Waals surface area contributed by atoms with Crippen molar-refractivity contribution in [3.05, 3.63) is 0 Å². The summed E-state index contributed by atoms with van der Waals surface area (Å²) in [5.74, 6) is -0.151. The van der Waals surface area contributed by atoms with Crippen LogP contribution in [0.1, 0.15) is 26.7 Å². The molecule has 2 aliphatic rings. The second-order valence-electron chi connectivity index (χ2n) is 6.37. The highest BCUT2D eigenvalue weighted by Crippen LogP contribution is 2.28. The summed E-state index contributed by atoms with van der Waals surface area (Å²) in [5.41, 5.74) is -0.667. The predicted molar refractivity (Wildman–Crippen MR) is 78.2 cm³/mol. The number of aliphatic hydroxyl groups is 1. The number of morpholine rings is 1. The van der Waals surface area contributed by atoms with Crippen LogP contribution in [0.15, 0.2) is 0 Å². The Hall–Kier alpha value is -0.220. The van der Waals surface area contributed by atoms with Gasteiger partial charge >= 0.3 is 0 Å². The van der Waals surface area contributed by atoms with Crippen LogP contribution in [-0.4, -0.2) is 74.4 Å². The normalized spacial score (nSPS) is 31.1. The van der Waals surface area contributed by atoms with Crippen molar-refractivity contribution in [2.24, 2.45) is 0 Å². The van der Waals surface area contributed by atoms with E-state index >= 15 is 0 Å². The van der Waals surface area contributed by atoms with E-state index in [4.69, 9.17) is 4.74 Å². The first-order valence-corrected chi connectivity index (χ1v) is 10.4. The number of sulfonamides is 1. The van der Waals surface area contributed by atoms with Gasteiger partial charge in [0.2, 0.25) is 10.0 Å². The van der Waals surface area contributed by atoms with Gasteiger partial charge in [-0.25, -0.2) is 16.8 Å². The maximum Gasteiger partial charge on any atom is 0.217 e. The first kappa shape index (κ1) is 17.1. The van der Waals surface area contributed by atoms with Gasteiger partial charge in [-0.3, -0.25) is 0 Å². The molecule has 21 heavy (non-hydrogen) atoms. The zero-order valence-electron chi connectivity index (χ0n) is 12.4. The molecule has 7 nitrogen and oxygen atoms in total. The van der Waals surface area contributed by atoms with Gasteiger partial charge in [0.15, 0.2) is 0 Å². The van der Waals surface area contributed by atoms with Crippen LogP contribution in [-0.2, 0) is 24.6 Å². The Morgan fingerprint density at radius 1 is 1.29 bits per heavy atom. The van der Waals surface area contributed by atoms with Crippen LogP contribution in [0, 0.1) is 0 Å². The van der Waals surface area contributed by atoms with Gasteiger partial charge in [0.25, 0.3) is 0 Å². The van der Waals surface area contributed by atoms with Crippen LogP contribution in [0.5, 0.6) is 0 Å². The molecular weight excluding hydrogens is 318 g/mol. The minimum absolute atomic E-state index is 0.0753. The van der Waals surface area contributed by atoms with Crippen molar-refractivity contribution in [2.45, 2.75) is 43.6 Å². The van der Waals surface area contributed by atoms with E-state index in [9.17, 15) is 21.9 Å². The molecule has 0 spiro atoms. The number of nitrogens with zero attached hydrogens (tertiary/aromatic N) is 1. The quantitative estimate of drug-likeness (QED) is 0.733. The number of aliphatic hydroxyl groups excluding tert-OH is 1. The molecule has 0 aromatic carbocycles. The number of rotatable bonds is 3. The first-order valence-electron chi connectivity index (χ1n) is 7.04. The van der Waals surface area contributed by atoms with Gasteiger partial charge in [-0.1, -0.05) is 0 Å². The van der Waals surface area contributed by atoms with Crippen molar-refractivity contribution in [3.63, 3.8) is 0 Å². The molecule has 1 atom stereocenters. The van der Waals surface area contributed by atoms with Crippen LogP contribution < -0.4 is 0 Å². The molecule has 0 saturated carbocycles. The summed E-state index contributed by atoms with van der Waals surface area (Å²) in [5, 5.41) is 8.60. The smallest absolute Gasteiger partial charge is 0.217 e. The van der Waals surface area contributed by atoms with Crippen molar-refractivity contribution < 1.29 is 26.7 Å². The molecule has 2 heterocycles. The van der Waals surface area contributed by atoms with E-state index < -0.39 is 36.8 Å². The molecule has 2 aliphatic heterocycles. The Kier molecular flexibility index (Phi) is 4.71. The topological polar surface area (TPSA) is 101 Å². The lowest BCUT2D eigenvalue weighted by molar-refractivity contribution is -0.131. The third kappa shape index (κ3) is 3.95.